The molecule has 8 heteroatoms. The van der Waals surface area contributed by atoms with E-state index in [0.717, 1.165) is 21.1 Å². The summed E-state index contributed by atoms with van der Waals surface area (Å²) in [5.41, 5.74) is 10.1. The van der Waals surface area contributed by atoms with E-state index in [0.29, 0.717) is 6.54 Å². The number of hydrogen-bond donors (Lipinski definition) is 4. The van der Waals surface area contributed by atoms with Gasteiger partial charge < -0.3 is 5.32 Å². The van der Waals surface area contributed by atoms with Crippen LogP contribution < -0.4 is 21.7 Å². The summed E-state index contributed by atoms with van der Waals surface area (Å²) in [6.07, 6.45) is 0. The molecule has 2 aromatic rings. The van der Waals surface area contributed by atoms with E-state index in [-0.39, 0.29) is 23.8 Å². The van der Waals surface area contributed by atoms with Crippen LogP contribution in [0.15, 0.2) is 24.3 Å². The summed E-state index contributed by atoms with van der Waals surface area (Å²) < 4.78 is 13.0. The Morgan fingerprint density at radius 2 is 2.17 bits per heavy atom. The predicted molar refractivity (Wildman–Crippen MR) is 86.9 cm³/mol. The Morgan fingerprint density at radius 1 is 1.43 bits per heavy atom. The molecule has 0 saturated carbocycles. The number of aromatic nitrogens is 1. The molecular formula is C15H18FN5OS. The van der Waals surface area contributed by atoms with Crippen LogP contribution >= 0.6 is 11.3 Å². The Kier molecular flexibility index (Phi) is 4.67. The number of rotatable bonds is 4. The topological polar surface area (TPSA) is 78.1 Å². The molecule has 23 heavy (non-hydrogen) atoms. The number of nitrogens with one attached hydrogen (secondary N) is 4. The van der Waals surface area contributed by atoms with Gasteiger partial charge in [0, 0.05) is 12.1 Å². The fourth-order valence-corrected chi connectivity index (χ4v) is 3.48. The monoisotopic (exact) mass is 335 g/mol. The molecule has 0 radical (unpaired) electrons. The first-order valence-electron chi connectivity index (χ1n) is 7.31. The zero-order chi connectivity index (χ0) is 16.4. The van der Waals surface area contributed by atoms with Gasteiger partial charge in [-0.25, -0.2) is 20.2 Å². The third-order valence-corrected chi connectivity index (χ3v) is 5.02. The largest absolute Gasteiger partial charge is 0.347 e. The fourth-order valence-electron chi connectivity index (χ4n) is 2.41. The lowest BCUT2D eigenvalue weighted by molar-refractivity contribution is -0.123. The third-order valence-electron chi connectivity index (χ3n) is 3.63. The number of thiazole rings is 1. The number of halogens is 1. The van der Waals surface area contributed by atoms with Gasteiger partial charge in [-0.1, -0.05) is 0 Å². The number of carbonyl (C=O) groups excluding carboxylic acids is 1. The summed E-state index contributed by atoms with van der Waals surface area (Å²) >= 11 is 1.51. The molecule has 4 N–H and O–H groups in total. The molecule has 3 rings (SSSR count). The maximum absolute atomic E-state index is 13.0. The van der Waals surface area contributed by atoms with Crippen LogP contribution in [0.5, 0.6) is 0 Å². The summed E-state index contributed by atoms with van der Waals surface area (Å²) in [7, 11) is 0. The van der Waals surface area contributed by atoms with Crippen LogP contribution in [-0.4, -0.2) is 23.5 Å². The van der Waals surface area contributed by atoms with Crippen molar-refractivity contribution in [3.05, 3.63) is 40.7 Å². The van der Waals surface area contributed by atoms with Crippen LogP contribution in [0.1, 0.15) is 23.5 Å². The van der Waals surface area contributed by atoms with E-state index >= 15 is 0 Å². The van der Waals surface area contributed by atoms with E-state index in [4.69, 9.17) is 0 Å². The van der Waals surface area contributed by atoms with Crippen LogP contribution in [0.3, 0.4) is 0 Å². The summed E-state index contributed by atoms with van der Waals surface area (Å²) in [6.45, 7) is 4.38. The van der Waals surface area contributed by atoms with Gasteiger partial charge in [0.05, 0.1) is 16.6 Å². The fraction of sp³-hybridized carbons (Fsp3) is 0.333. The van der Waals surface area contributed by atoms with E-state index in [1.807, 2.05) is 13.8 Å². The van der Waals surface area contributed by atoms with Crippen molar-refractivity contribution in [3.63, 3.8) is 0 Å². The molecule has 1 saturated heterocycles. The van der Waals surface area contributed by atoms with E-state index < -0.39 is 0 Å². The lowest BCUT2D eigenvalue weighted by Crippen LogP contribution is -2.45. The first-order chi connectivity index (χ1) is 11.0. The Morgan fingerprint density at radius 3 is 2.83 bits per heavy atom. The first-order valence-corrected chi connectivity index (χ1v) is 8.13. The second kappa shape index (κ2) is 6.71. The maximum atomic E-state index is 13.0. The van der Waals surface area contributed by atoms with Crippen molar-refractivity contribution < 1.29 is 9.18 Å². The Bertz CT molecular complexity index is 696. The third kappa shape index (κ3) is 3.56. The smallest absolute Gasteiger partial charge is 0.240 e. The molecule has 1 aromatic heterocycles. The summed E-state index contributed by atoms with van der Waals surface area (Å²) in [5, 5.41) is 3.80. The van der Waals surface area contributed by atoms with Crippen molar-refractivity contribution in [3.8, 4) is 10.6 Å². The highest BCUT2D eigenvalue weighted by Crippen LogP contribution is 2.31. The van der Waals surface area contributed by atoms with Crippen molar-refractivity contribution in [2.45, 2.75) is 25.9 Å². The summed E-state index contributed by atoms with van der Waals surface area (Å²) in [4.78, 5) is 17.7. The average Bonchev–Trinajstić information content (AvgIpc) is 3.17. The molecule has 2 heterocycles. The molecule has 122 valence electrons. The van der Waals surface area contributed by atoms with Crippen molar-refractivity contribution in [2.24, 2.45) is 0 Å². The quantitative estimate of drug-likeness (QED) is 0.680. The lowest BCUT2D eigenvalue weighted by Gasteiger charge is -2.15. The van der Waals surface area contributed by atoms with E-state index in [2.05, 4.69) is 26.7 Å². The number of hydrazine groups is 2. The number of amides is 1. The minimum Gasteiger partial charge on any atom is -0.347 e. The highest BCUT2D eigenvalue weighted by molar-refractivity contribution is 7.15. The number of hydrogen-bond acceptors (Lipinski definition) is 6. The zero-order valence-corrected chi connectivity index (χ0v) is 13.6. The van der Waals surface area contributed by atoms with Crippen LogP contribution in [-0.2, 0) is 4.79 Å². The second-order valence-corrected chi connectivity index (χ2v) is 6.44. The first kappa shape index (κ1) is 16.0. The van der Waals surface area contributed by atoms with Gasteiger partial charge in [0.2, 0.25) is 5.91 Å². The SMILES string of the molecule is Cc1nc(-c2ccc(F)cc2)sc1C(C)NC(=O)C1CNNN1. The zero-order valence-electron chi connectivity index (χ0n) is 12.8. The number of carbonyl (C=O) groups is 1. The molecule has 1 amide bonds. The van der Waals surface area contributed by atoms with Crippen molar-refractivity contribution >= 4 is 17.2 Å². The number of nitrogens with zero attached hydrogens (tertiary/aromatic N) is 1. The van der Waals surface area contributed by atoms with E-state index in [1.165, 1.54) is 23.5 Å². The lowest BCUT2D eigenvalue weighted by atomic mass is 10.2. The number of benzene rings is 1. The van der Waals surface area contributed by atoms with Gasteiger partial charge in [0.25, 0.3) is 0 Å². The standard InChI is InChI=1S/C15H18FN5OS/c1-8(18-14(22)12-7-17-21-20-12)13-9(2)19-15(23-13)10-3-5-11(16)6-4-10/h3-6,8,12,17,20-21H,7H2,1-2H3,(H,18,22). The van der Waals surface area contributed by atoms with Crippen molar-refractivity contribution in [1.82, 2.24) is 26.7 Å². The molecular weight excluding hydrogens is 317 g/mol. The molecule has 1 fully saturated rings. The highest BCUT2D eigenvalue weighted by Gasteiger charge is 2.24. The van der Waals surface area contributed by atoms with Gasteiger partial charge in [-0.2, -0.15) is 5.53 Å². The molecule has 0 spiro atoms. The minimum absolute atomic E-state index is 0.0777. The molecule has 1 aliphatic heterocycles. The summed E-state index contributed by atoms with van der Waals surface area (Å²) in [5.74, 6) is -0.347. The van der Waals surface area contributed by atoms with Gasteiger partial charge in [-0.15, -0.1) is 11.3 Å². The van der Waals surface area contributed by atoms with Crippen molar-refractivity contribution in [2.75, 3.05) is 6.54 Å². The Hall–Kier alpha value is -1.87. The molecule has 2 atom stereocenters. The average molecular weight is 335 g/mol. The van der Waals surface area contributed by atoms with E-state index in [9.17, 15) is 9.18 Å². The Balaban J connectivity index is 1.74. The van der Waals surface area contributed by atoms with Gasteiger partial charge >= 0.3 is 0 Å². The van der Waals surface area contributed by atoms with Crippen LogP contribution in [0.25, 0.3) is 10.6 Å². The number of aryl methyl sites for hydroxylation is 1. The highest BCUT2D eigenvalue weighted by atomic mass is 32.1. The van der Waals surface area contributed by atoms with E-state index in [1.54, 1.807) is 12.1 Å². The van der Waals surface area contributed by atoms with Crippen LogP contribution in [0, 0.1) is 12.7 Å². The predicted octanol–water partition coefficient (Wildman–Crippen LogP) is 1.42. The van der Waals surface area contributed by atoms with Gasteiger partial charge in [0.1, 0.15) is 16.9 Å². The molecule has 2 unspecified atom stereocenters. The van der Waals surface area contributed by atoms with Crippen LogP contribution in [0.2, 0.25) is 0 Å². The molecule has 0 bridgehead atoms. The molecule has 6 nitrogen and oxygen atoms in total. The molecule has 1 aliphatic rings. The van der Waals surface area contributed by atoms with Gasteiger partial charge in [-0.3, -0.25) is 4.79 Å². The van der Waals surface area contributed by atoms with Crippen molar-refractivity contribution in [1.29, 1.82) is 0 Å². The maximum Gasteiger partial charge on any atom is 0.240 e. The van der Waals surface area contributed by atoms with Gasteiger partial charge in [-0.05, 0) is 38.1 Å². The summed E-state index contributed by atoms with van der Waals surface area (Å²) in [6, 6.07) is 5.81. The second-order valence-electron chi connectivity index (χ2n) is 5.41. The normalized spacial score (nSPS) is 18.8. The molecule has 0 aliphatic carbocycles. The van der Waals surface area contributed by atoms with Crippen LogP contribution in [0.4, 0.5) is 4.39 Å². The molecule has 1 aromatic carbocycles. The Labute approximate surface area is 137 Å². The minimum atomic E-state index is -0.303. The van der Waals surface area contributed by atoms with Gasteiger partial charge in [0.15, 0.2) is 0 Å².